The fourth-order valence-corrected chi connectivity index (χ4v) is 9.77. The van der Waals surface area contributed by atoms with E-state index in [0.717, 1.165) is 100 Å². The van der Waals surface area contributed by atoms with E-state index in [4.69, 9.17) is 19.9 Å². The Morgan fingerprint density at radius 1 is 0.250 bits per heavy atom. The van der Waals surface area contributed by atoms with Crippen LogP contribution in [0.25, 0.3) is 123 Å². The summed E-state index contributed by atoms with van der Waals surface area (Å²) in [6.07, 6.45) is 0. The predicted molar refractivity (Wildman–Crippen MR) is 279 cm³/mol. The van der Waals surface area contributed by atoms with Gasteiger partial charge in [0.1, 0.15) is 0 Å². The molecule has 0 unspecified atom stereocenters. The van der Waals surface area contributed by atoms with Crippen LogP contribution in [0.2, 0.25) is 0 Å². The monoisotopic (exact) mass is 868 g/mol. The smallest absolute Gasteiger partial charge is 0.162 e. The molecule has 0 saturated carbocycles. The molecule has 0 amide bonds. The summed E-state index contributed by atoms with van der Waals surface area (Å²) in [6.45, 7) is 0. The summed E-state index contributed by atoms with van der Waals surface area (Å²) in [5, 5.41) is 4.73. The zero-order valence-electron chi connectivity index (χ0n) is 36.8. The Morgan fingerprint density at radius 3 is 1.13 bits per heavy atom. The molecule has 0 aliphatic carbocycles. The summed E-state index contributed by atoms with van der Waals surface area (Å²) in [6, 6.07) is 84.9. The SMILES string of the molecule is c1ccc(-c2cc(-c3ccccc3)nc(-c3ccc(-n4c5ccccc5c5cc6c7ccccc7n(-c7ccccc7)c6cc54)c(-c4nc(-c5ccccc5)cc(-c5ccccc5)n4)c3)n2)cc1. The molecule has 0 radical (unpaired) electrons. The van der Waals surface area contributed by atoms with Crippen molar-refractivity contribution in [1.29, 1.82) is 0 Å². The number of hydrogen-bond acceptors (Lipinski definition) is 4. The summed E-state index contributed by atoms with van der Waals surface area (Å²) in [5.74, 6) is 1.20. The van der Waals surface area contributed by atoms with Gasteiger partial charge in [0.25, 0.3) is 0 Å². The van der Waals surface area contributed by atoms with E-state index >= 15 is 0 Å². The highest BCUT2D eigenvalue weighted by molar-refractivity contribution is 6.19. The van der Waals surface area contributed by atoms with Crippen molar-refractivity contribution in [2.45, 2.75) is 0 Å². The highest BCUT2D eigenvalue weighted by Crippen LogP contribution is 2.42. The van der Waals surface area contributed by atoms with Gasteiger partial charge in [-0.15, -0.1) is 0 Å². The molecule has 68 heavy (non-hydrogen) atoms. The van der Waals surface area contributed by atoms with E-state index in [1.165, 1.54) is 10.8 Å². The molecule has 9 aromatic carbocycles. The van der Waals surface area contributed by atoms with Crippen LogP contribution in [0.3, 0.4) is 0 Å². The first-order valence-electron chi connectivity index (χ1n) is 22.9. The Labute approximate surface area is 392 Å². The summed E-state index contributed by atoms with van der Waals surface area (Å²) in [5.41, 5.74) is 15.6. The van der Waals surface area contributed by atoms with Gasteiger partial charge in [-0.2, -0.15) is 0 Å². The van der Waals surface area contributed by atoms with Crippen molar-refractivity contribution in [3.63, 3.8) is 0 Å². The van der Waals surface area contributed by atoms with Crippen molar-refractivity contribution < 1.29 is 0 Å². The van der Waals surface area contributed by atoms with Crippen LogP contribution in [-0.4, -0.2) is 29.1 Å². The molecule has 6 heteroatoms. The van der Waals surface area contributed by atoms with Gasteiger partial charge in [-0.1, -0.05) is 176 Å². The zero-order valence-corrected chi connectivity index (χ0v) is 36.8. The van der Waals surface area contributed by atoms with E-state index in [2.05, 4.69) is 203 Å². The molecule has 4 aromatic heterocycles. The van der Waals surface area contributed by atoms with Crippen molar-refractivity contribution >= 4 is 43.6 Å². The van der Waals surface area contributed by atoms with Crippen molar-refractivity contribution in [3.05, 3.63) is 243 Å². The standard InChI is InChI=1S/C62H40N6/c1-6-20-41(21-7-1)52-38-53(42-22-8-2-9-23-42)64-61(63-52)45-34-35-58(51(36-45)62-65-54(43-24-10-3-11-25-43)39-55(66-62)44-26-12-4-13-27-44)68-57-33-19-17-31-48(57)50-37-49-47-30-16-18-32-56(47)67(59(49)40-60(50)68)46-28-14-5-15-29-46/h1-40H. The Balaban J connectivity index is 1.13. The second-order valence-corrected chi connectivity index (χ2v) is 17.0. The summed E-state index contributed by atoms with van der Waals surface area (Å²) in [7, 11) is 0. The normalized spacial score (nSPS) is 11.5. The van der Waals surface area contributed by atoms with Crippen LogP contribution in [0.4, 0.5) is 0 Å². The van der Waals surface area contributed by atoms with E-state index in [9.17, 15) is 0 Å². The summed E-state index contributed by atoms with van der Waals surface area (Å²) in [4.78, 5) is 21.5. The third-order valence-corrected chi connectivity index (χ3v) is 12.9. The van der Waals surface area contributed by atoms with Gasteiger partial charge in [-0.05, 0) is 66.7 Å². The maximum absolute atomic E-state index is 5.46. The fourth-order valence-electron chi connectivity index (χ4n) is 9.77. The Hall–Kier alpha value is -9.26. The first-order valence-corrected chi connectivity index (χ1v) is 22.9. The molecular weight excluding hydrogens is 829 g/mol. The first kappa shape index (κ1) is 39.1. The fraction of sp³-hybridized carbons (Fsp3) is 0. The number of para-hydroxylation sites is 3. The number of hydrogen-bond donors (Lipinski definition) is 0. The van der Waals surface area contributed by atoms with Crippen LogP contribution >= 0.6 is 0 Å². The molecule has 0 aliphatic heterocycles. The highest BCUT2D eigenvalue weighted by Gasteiger charge is 2.23. The molecule has 0 atom stereocenters. The van der Waals surface area contributed by atoms with E-state index in [0.29, 0.717) is 11.6 Å². The average Bonchev–Trinajstić information content (AvgIpc) is 3.92. The number of rotatable bonds is 8. The number of aromatic nitrogens is 6. The molecule has 13 rings (SSSR count). The number of fused-ring (bicyclic) bond motifs is 6. The molecule has 0 saturated heterocycles. The molecule has 318 valence electrons. The van der Waals surface area contributed by atoms with Gasteiger partial charge in [-0.3, -0.25) is 0 Å². The molecule has 13 aromatic rings. The lowest BCUT2D eigenvalue weighted by molar-refractivity contribution is 1.13. The first-order chi connectivity index (χ1) is 33.7. The van der Waals surface area contributed by atoms with Crippen LogP contribution in [0, 0.1) is 0 Å². The van der Waals surface area contributed by atoms with Crippen LogP contribution < -0.4 is 0 Å². The highest BCUT2D eigenvalue weighted by atomic mass is 15.0. The number of nitrogens with zero attached hydrogens (tertiary/aromatic N) is 6. The minimum absolute atomic E-state index is 0.593. The van der Waals surface area contributed by atoms with Gasteiger partial charge < -0.3 is 9.13 Å². The number of benzene rings is 9. The Kier molecular flexibility index (Phi) is 9.39. The molecule has 0 spiro atoms. The quantitative estimate of drug-likeness (QED) is 0.153. The average molecular weight is 869 g/mol. The second kappa shape index (κ2) is 16.3. The molecule has 0 aliphatic rings. The maximum atomic E-state index is 5.46. The molecule has 6 nitrogen and oxygen atoms in total. The van der Waals surface area contributed by atoms with Crippen molar-refractivity contribution in [1.82, 2.24) is 29.1 Å². The van der Waals surface area contributed by atoms with Crippen LogP contribution in [0.5, 0.6) is 0 Å². The Morgan fingerprint density at radius 2 is 0.647 bits per heavy atom. The molecule has 0 bridgehead atoms. The third kappa shape index (κ3) is 6.74. The summed E-state index contributed by atoms with van der Waals surface area (Å²) < 4.78 is 4.78. The lowest BCUT2D eigenvalue weighted by Gasteiger charge is -2.17. The van der Waals surface area contributed by atoms with Gasteiger partial charge in [-0.25, -0.2) is 19.9 Å². The third-order valence-electron chi connectivity index (χ3n) is 12.9. The van der Waals surface area contributed by atoms with E-state index in [-0.39, 0.29) is 0 Å². The minimum Gasteiger partial charge on any atom is -0.309 e. The molecule has 0 fully saturated rings. The predicted octanol–water partition coefficient (Wildman–Crippen LogP) is 15.5. The Bertz CT molecular complexity index is 3880. The van der Waals surface area contributed by atoms with Gasteiger partial charge in [0.15, 0.2) is 11.6 Å². The van der Waals surface area contributed by atoms with Gasteiger partial charge in [0, 0.05) is 60.6 Å². The van der Waals surface area contributed by atoms with Crippen LogP contribution in [-0.2, 0) is 0 Å². The minimum atomic E-state index is 0.593. The zero-order chi connectivity index (χ0) is 45.0. The van der Waals surface area contributed by atoms with Crippen LogP contribution in [0.1, 0.15) is 0 Å². The molecule has 4 heterocycles. The molecule has 0 N–H and O–H groups in total. The molecular formula is C62H40N6. The second-order valence-electron chi connectivity index (χ2n) is 17.0. The largest absolute Gasteiger partial charge is 0.309 e. The van der Waals surface area contributed by atoms with Gasteiger partial charge in [0.2, 0.25) is 0 Å². The van der Waals surface area contributed by atoms with Crippen molar-refractivity contribution in [3.8, 4) is 79.2 Å². The van der Waals surface area contributed by atoms with E-state index < -0.39 is 0 Å². The summed E-state index contributed by atoms with van der Waals surface area (Å²) >= 11 is 0. The van der Waals surface area contributed by atoms with Crippen molar-refractivity contribution in [2.75, 3.05) is 0 Å². The maximum Gasteiger partial charge on any atom is 0.162 e. The van der Waals surface area contributed by atoms with Crippen LogP contribution in [0.15, 0.2) is 243 Å². The topological polar surface area (TPSA) is 61.4 Å². The van der Waals surface area contributed by atoms with E-state index in [1.807, 2.05) is 48.5 Å². The van der Waals surface area contributed by atoms with E-state index in [1.54, 1.807) is 0 Å². The van der Waals surface area contributed by atoms with Gasteiger partial charge in [0.05, 0.1) is 50.5 Å². The van der Waals surface area contributed by atoms with Crippen molar-refractivity contribution in [2.24, 2.45) is 0 Å². The lowest BCUT2D eigenvalue weighted by atomic mass is 10.0. The lowest BCUT2D eigenvalue weighted by Crippen LogP contribution is -2.03. The van der Waals surface area contributed by atoms with Gasteiger partial charge >= 0.3 is 0 Å².